The Balaban J connectivity index is 1.66. The van der Waals surface area contributed by atoms with Gasteiger partial charge in [-0.25, -0.2) is 0 Å². The van der Waals surface area contributed by atoms with Gasteiger partial charge in [-0.3, -0.25) is 9.59 Å². The van der Waals surface area contributed by atoms with E-state index in [1.54, 1.807) is 11.0 Å². The Bertz CT molecular complexity index is 795. The number of carbonyl (C=O) groups excluding carboxylic acids is 2. The van der Waals surface area contributed by atoms with Crippen molar-refractivity contribution in [3.05, 3.63) is 53.6 Å². The van der Waals surface area contributed by atoms with Crippen LogP contribution < -0.4 is 10.1 Å². The molecule has 1 heterocycles. The monoisotopic (exact) mass is 372 g/mol. The molecule has 1 unspecified atom stereocenters. The highest BCUT2D eigenvalue weighted by Crippen LogP contribution is 2.30. The van der Waals surface area contributed by atoms with Crippen molar-refractivity contribution >= 4 is 23.4 Å². The summed E-state index contributed by atoms with van der Waals surface area (Å²) in [5, 5.41) is 3.22. The number of benzene rings is 2. The van der Waals surface area contributed by atoms with Crippen LogP contribution in [-0.4, -0.2) is 42.5 Å². The van der Waals surface area contributed by atoms with Crippen molar-refractivity contribution in [3.8, 4) is 16.9 Å². The van der Waals surface area contributed by atoms with E-state index in [9.17, 15) is 9.59 Å². The molecule has 0 spiro atoms. The molecular formula is C20H21ClN2O3. The molecular weight excluding hydrogens is 352 g/mol. The van der Waals surface area contributed by atoms with E-state index in [0.29, 0.717) is 30.3 Å². The number of nitrogens with zero attached hydrogens (tertiary/aromatic N) is 1. The Labute approximate surface area is 157 Å². The summed E-state index contributed by atoms with van der Waals surface area (Å²) in [5.74, 6) is 0.126. The fourth-order valence-electron chi connectivity index (χ4n) is 3.07. The quantitative estimate of drug-likeness (QED) is 0.877. The molecule has 1 saturated heterocycles. The van der Waals surface area contributed by atoms with E-state index in [-0.39, 0.29) is 18.4 Å². The largest absolute Gasteiger partial charge is 0.482 e. The zero-order valence-electron chi connectivity index (χ0n) is 14.6. The molecule has 1 aliphatic rings. The fraction of sp³-hybridized carbons (Fsp3) is 0.300. The molecule has 5 nitrogen and oxygen atoms in total. The van der Waals surface area contributed by atoms with Crippen LogP contribution in [0.25, 0.3) is 11.1 Å². The van der Waals surface area contributed by atoms with Gasteiger partial charge in [0.05, 0.1) is 5.02 Å². The molecule has 0 aliphatic carbocycles. The van der Waals surface area contributed by atoms with Crippen molar-refractivity contribution < 1.29 is 14.3 Å². The minimum absolute atomic E-state index is 0.114. The average molecular weight is 373 g/mol. The van der Waals surface area contributed by atoms with E-state index in [1.807, 2.05) is 49.4 Å². The van der Waals surface area contributed by atoms with Crippen molar-refractivity contribution in [1.82, 2.24) is 10.2 Å². The number of hydrogen-bond acceptors (Lipinski definition) is 3. The van der Waals surface area contributed by atoms with Gasteiger partial charge < -0.3 is 15.0 Å². The lowest BCUT2D eigenvalue weighted by molar-refractivity contribution is -0.144. The lowest BCUT2D eigenvalue weighted by Gasteiger charge is -2.34. The Morgan fingerprint density at radius 3 is 2.69 bits per heavy atom. The topological polar surface area (TPSA) is 58.6 Å². The van der Waals surface area contributed by atoms with Gasteiger partial charge in [0.2, 0.25) is 5.91 Å². The fourth-order valence-corrected chi connectivity index (χ4v) is 3.30. The average Bonchev–Trinajstić information content (AvgIpc) is 2.67. The number of rotatable bonds is 5. The van der Waals surface area contributed by atoms with Gasteiger partial charge in [-0.1, -0.05) is 54.9 Å². The molecule has 1 aliphatic heterocycles. The van der Waals surface area contributed by atoms with Crippen LogP contribution in [0.15, 0.2) is 48.5 Å². The zero-order chi connectivity index (χ0) is 18.5. The van der Waals surface area contributed by atoms with Crippen LogP contribution in [0.4, 0.5) is 0 Å². The molecule has 0 aromatic heterocycles. The minimum atomic E-state index is -0.434. The standard InChI is InChI=1S/C20H21ClN2O3/c1-2-17-20(25)22-10-11-23(17)19(24)13-26-18-9-8-15(12-16(18)21)14-6-4-3-5-7-14/h3-9,12,17H,2,10-11,13H2,1H3,(H,22,25). The number of carbonyl (C=O) groups is 2. The van der Waals surface area contributed by atoms with E-state index >= 15 is 0 Å². The second kappa shape index (κ2) is 8.23. The van der Waals surface area contributed by atoms with Gasteiger partial charge in [-0.05, 0) is 29.7 Å². The predicted octanol–water partition coefficient (Wildman–Crippen LogP) is 3.12. The molecule has 1 N–H and O–H groups in total. The molecule has 26 heavy (non-hydrogen) atoms. The summed E-state index contributed by atoms with van der Waals surface area (Å²) in [4.78, 5) is 25.9. The van der Waals surface area contributed by atoms with Gasteiger partial charge in [-0.2, -0.15) is 0 Å². The summed E-state index contributed by atoms with van der Waals surface area (Å²) in [5.41, 5.74) is 2.04. The Morgan fingerprint density at radius 2 is 2.00 bits per heavy atom. The molecule has 1 fully saturated rings. The van der Waals surface area contributed by atoms with Crippen molar-refractivity contribution in [2.75, 3.05) is 19.7 Å². The highest BCUT2D eigenvalue weighted by molar-refractivity contribution is 6.32. The van der Waals surface area contributed by atoms with Crippen molar-refractivity contribution in [3.63, 3.8) is 0 Å². The summed E-state index contributed by atoms with van der Waals surface area (Å²) >= 11 is 6.31. The highest BCUT2D eigenvalue weighted by Gasteiger charge is 2.31. The second-order valence-electron chi connectivity index (χ2n) is 6.10. The summed E-state index contributed by atoms with van der Waals surface area (Å²) in [6.07, 6.45) is 0.574. The molecule has 2 aromatic rings. The molecule has 0 saturated carbocycles. The van der Waals surface area contributed by atoms with Gasteiger partial charge in [0.1, 0.15) is 11.8 Å². The normalized spacial score (nSPS) is 16.9. The zero-order valence-corrected chi connectivity index (χ0v) is 15.3. The van der Waals surface area contributed by atoms with Crippen molar-refractivity contribution in [1.29, 1.82) is 0 Å². The van der Waals surface area contributed by atoms with Gasteiger partial charge in [0.15, 0.2) is 6.61 Å². The summed E-state index contributed by atoms with van der Waals surface area (Å²) in [6, 6.07) is 14.9. The predicted molar refractivity (Wildman–Crippen MR) is 101 cm³/mol. The number of nitrogens with one attached hydrogen (secondary N) is 1. The first kappa shape index (κ1) is 18.3. The first-order chi connectivity index (χ1) is 12.6. The van der Waals surface area contributed by atoms with Gasteiger partial charge >= 0.3 is 0 Å². The number of halogens is 1. The number of hydrogen-bond donors (Lipinski definition) is 1. The number of amides is 2. The lowest BCUT2D eigenvalue weighted by Crippen LogP contribution is -2.57. The number of piperazine rings is 1. The third-order valence-corrected chi connectivity index (χ3v) is 4.72. The maximum atomic E-state index is 12.5. The molecule has 2 amide bonds. The van der Waals surface area contributed by atoms with Gasteiger partial charge in [0.25, 0.3) is 5.91 Å². The van der Waals surface area contributed by atoms with Crippen LogP contribution in [0.3, 0.4) is 0 Å². The third kappa shape index (κ3) is 3.99. The Kier molecular flexibility index (Phi) is 5.78. The SMILES string of the molecule is CCC1C(=O)NCCN1C(=O)COc1ccc(-c2ccccc2)cc1Cl. The van der Waals surface area contributed by atoms with E-state index in [1.165, 1.54) is 0 Å². The van der Waals surface area contributed by atoms with Crippen molar-refractivity contribution in [2.24, 2.45) is 0 Å². The van der Waals surface area contributed by atoms with Crippen LogP contribution in [-0.2, 0) is 9.59 Å². The first-order valence-electron chi connectivity index (χ1n) is 8.65. The van der Waals surface area contributed by atoms with Gasteiger partial charge in [-0.15, -0.1) is 0 Å². The molecule has 2 aromatic carbocycles. The summed E-state index contributed by atoms with van der Waals surface area (Å²) < 4.78 is 5.62. The second-order valence-corrected chi connectivity index (χ2v) is 6.51. The third-order valence-electron chi connectivity index (χ3n) is 4.43. The van der Waals surface area contributed by atoms with Crippen LogP contribution in [0.5, 0.6) is 5.75 Å². The summed E-state index contributed by atoms with van der Waals surface area (Å²) in [7, 11) is 0. The van der Waals surface area contributed by atoms with E-state index in [2.05, 4.69) is 5.32 Å². The smallest absolute Gasteiger partial charge is 0.261 e. The van der Waals surface area contributed by atoms with Crippen LogP contribution in [0.2, 0.25) is 5.02 Å². The minimum Gasteiger partial charge on any atom is -0.482 e. The highest BCUT2D eigenvalue weighted by atomic mass is 35.5. The van der Waals surface area contributed by atoms with Crippen LogP contribution in [0, 0.1) is 0 Å². The molecule has 3 rings (SSSR count). The lowest BCUT2D eigenvalue weighted by atomic mass is 10.1. The maximum Gasteiger partial charge on any atom is 0.261 e. The maximum absolute atomic E-state index is 12.5. The molecule has 0 radical (unpaired) electrons. The Morgan fingerprint density at radius 1 is 1.23 bits per heavy atom. The molecule has 136 valence electrons. The van der Waals surface area contributed by atoms with Crippen molar-refractivity contribution in [2.45, 2.75) is 19.4 Å². The van der Waals surface area contributed by atoms with E-state index in [0.717, 1.165) is 11.1 Å². The van der Waals surface area contributed by atoms with Crippen LogP contribution >= 0.6 is 11.6 Å². The van der Waals surface area contributed by atoms with E-state index < -0.39 is 6.04 Å². The molecule has 0 bridgehead atoms. The number of ether oxygens (including phenoxy) is 1. The summed E-state index contributed by atoms with van der Waals surface area (Å²) in [6.45, 7) is 2.70. The van der Waals surface area contributed by atoms with Gasteiger partial charge in [0, 0.05) is 13.1 Å². The molecule has 1 atom stereocenters. The Hall–Kier alpha value is -2.53. The molecule has 6 heteroatoms. The first-order valence-corrected chi connectivity index (χ1v) is 9.03. The van der Waals surface area contributed by atoms with Crippen LogP contribution in [0.1, 0.15) is 13.3 Å². The van der Waals surface area contributed by atoms with E-state index in [4.69, 9.17) is 16.3 Å².